The van der Waals surface area contributed by atoms with Gasteiger partial charge in [-0.05, 0) is 25.8 Å². The van der Waals surface area contributed by atoms with Crippen LogP contribution < -0.4 is 5.32 Å². The number of H-pyrrole nitrogens is 1. The first-order valence-corrected chi connectivity index (χ1v) is 7.89. The number of nitrogens with zero attached hydrogens (tertiary/aromatic N) is 2. The molecule has 118 valence electrons. The van der Waals surface area contributed by atoms with Crippen LogP contribution in [0, 0.1) is 6.92 Å². The van der Waals surface area contributed by atoms with Gasteiger partial charge in [0.25, 0.3) is 5.91 Å². The fourth-order valence-electron chi connectivity index (χ4n) is 3.05. The van der Waals surface area contributed by atoms with Gasteiger partial charge in [-0.1, -0.05) is 25.7 Å². The maximum absolute atomic E-state index is 12.3. The third-order valence-electron chi connectivity index (χ3n) is 4.47. The number of carbonyl (C=O) groups is 1. The second kappa shape index (κ2) is 6.04. The number of amides is 1. The molecule has 22 heavy (non-hydrogen) atoms. The molecule has 0 radical (unpaired) electrons. The molecule has 0 aromatic carbocycles. The van der Waals surface area contributed by atoms with Crippen molar-refractivity contribution in [3.63, 3.8) is 0 Å². The summed E-state index contributed by atoms with van der Waals surface area (Å²) < 4.78 is 0. The van der Waals surface area contributed by atoms with E-state index in [1.54, 1.807) is 6.07 Å². The lowest BCUT2D eigenvalue weighted by molar-refractivity contribution is 0.0246. The highest BCUT2D eigenvalue weighted by Gasteiger charge is 2.28. The lowest BCUT2D eigenvalue weighted by Crippen LogP contribution is -2.42. The van der Waals surface area contributed by atoms with Crippen LogP contribution in [0.15, 0.2) is 12.3 Å². The van der Waals surface area contributed by atoms with Crippen molar-refractivity contribution in [3.8, 4) is 0 Å². The number of aromatic nitrogens is 3. The summed E-state index contributed by atoms with van der Waals surface area (Å²) in [7, 11) is 0. The van der Waals surface area contributed by atoms with Gasteiger partial charge in [-0.25, -0.2) is 4.98 Å². The van der Waals surface area contributed by atoms with Crippen molar-refractivity contribution in [2.75, 3.05) is 6.54 Å². The van der Waals surface area contributed by atoms with Crippen LogP contribution >= 0.6 is 0 Å². The maximum Gasteiger partial charge on any atom is 0.252 e. The van der Waals surface area contributed by atoms with Gasteiger partial charge >= 0.3 is 0 Å². The Morgan fingerprint density at radius 3 is 2.82 bits per heavy atom. The second-order valence-corrected chi connectivity index (χ2v) is 6.26. The van der Waals surface area contributed by atoms with Gasteiger partial charge in [-0.15, -0.1) is 0 Å². The van der Waals surface area contributed by atoms with Crippen molar-refractivity contribution in [2.45, 2.75) is 51.0 Å². The quantitative estimate of drug-likeness (QED) is 0.757. The van der Waals surface area contributed by atoms with E-state index < -0.39 is 5.60 Å². The molecule has 0 atom stereocenters. The van der Waals surface area contributed by atoms with E-state index in [4.69, 9.17) is 0 Å². The van der Waals surface area contributed by atoms with Gasteiger partial charge in [-0.3, -0.25) is 9.89 Å². The summed E-state index contributed by atoms with van der Waals surface area (Å²) in [5.41, 5.74) is 1.22. The first kappa shape index (κ1) is 15.0. The van der Waals surface area contributed by atoms with E-state index in [2.05, 4.69) is 20.5 Å². The third-order valence-corrected chi connectivity index (χ3v) is 4.47. The number of pyridine rings is 1. The summed E-state index contributed by atoms with van der Waals surface area (Å²) in [4.78, 5) is 16.5. The summed E-state index contributed by atoms with van der Waals surface area (Å²) in [6, 6.07) is 1.79. The Kier molecular flexibility index (Phi) is 4.11. The molecule has 2 aromatic rings. The van der Waals surface area contributed by atoms with E-state index in [0.29, 0.717) is 17.8 Å². The van der Waals surface area contributed by atoms with Crippen LogP contribution in [0.1, 0.15) is 54.6 Å². The van der Waals surface area contributed by atoms with Gasteiger partial charge < -0.3 is 10.4 Å². The second-order valence-electron chi connectivity index (χ2n) is 6.26. The van der Waals surface area contributed by atoms with Crippen LogP contribution in [0.2, 0.25) is 0 Å². The molecule has 1 amide bonds. The van der Waals surface area contributed by atoms with Crippen LogP contribution in [0.4, 0.5) is 0 Å². The summed E-state index contributed by atoms with van der Waals surface area (Å²) in [6.07, 6.45) is 7.40. The Bertz CT molecular complexity index is 672. The number of aryl methyl sites for hydroxylation is 1. The summed E-state index contributed by atoms with van der Waals surface area (Å²) in [5.74, 6) is -0.201. The van der Waals surface area contributed by atoms with Crippen molar-refractivity contribution >= 4 is 16.9 Å². The number of hydrogen-bond acceptors (Lipinski definition) is 4. The zero-order chi connectivity index (χ0) is 15.6. The number of hydrogen-bond donors (Lipinski definition) is 3. The number of aromatic amines is 1. The average molecular weight is 302 g/mol. The zero-order valence-corrected chi connectivity index (χ0v) is 12.9. The highest BCUT2D eigenvalue weighted by molar-refractivity contribution is 5.97. The molecular weight excluding hydrogens is 280 g/mol. The molecule has 0 bridgehead atoms. The van der Waals surface area contributed by atoms with Gasteiger partial charge in [0.05, 0.1) is 11.2 Å². The van der Waals surface area contributed by atoms with Crippen LogP contribution in [0.5, 0.6) is 0 Å². The Labute approximate surface area is 129 Å². The Balaban J connectivity index is 1.68. The highest BCUT2D eigenvalue weighted by atomic mass is 16.3. The largest absolute Gasteiger partial charge is 0.388 e. The van der Waals surface area contributed by atoms with Crippen LogP contribution in [0.25, 0.3) is 11.0 Å². The highest BCUT2D eigenvalue weighted by Crippen LogP contribution is 2.26. The first-order valence-electron chi connectivity index (χ1n) is 7.89. The predicted octanol–water partition coefficient (Wildman–Crippen LogP) is 2.08. The van der Waals surface area contributed by atoms with Crippen molar-refractivity contribution in [2.24, 2.45) is 0 Å². The fraction of sp³-hybridized carbons (Fsp3) is 0.562. The minimum absolute atomic E-state index is 0.201. The molecule has 2 aromatic heterocycles. The number of nitrogens with one attached hydrogen (secondary N) is 2. The maximum atomic E-state index is 12.3. The molecule has 1 saturated carbocycles. The SMILES string of the molecule is Cc1[nH]nc2ncc(C(=O)NCC3(O)CCCCCC3)cc12. The van der Waals surface area contributed by atoms with Gasteiger partial charge in [0.2, 0.25) is 0 Å². The molecule has 6 heteroatoms. The van der Waals surface area contributed by atoms with Crippen LogP contribution in [0.3, 0.4) is 0 Å². The lowest BCUT2D eigenvalue weighted by Gasteiger charge is -2.26. The Hall–Kier alpha value is -1.95. The van der Waals surface area contributed by atoms with E-state index in [0.717, 1.165) is 49.6 Å². The van der Waals surface area contributed by atoms with Crippen molar-refractivity contribution < 1.29 is 9.90 Å². The van der Waals surface area contributed by atoms with E-state index in [-0.39, 0.29) is 5.91 Å². The molecule has 0 aliphatic heterocycles. The number of fused-ring (bicyclic) bond motifs is 1. The minimum Gasteiger partial charge on any atom is -0.388 e. The Morgan fingerprint density at radius 1 is 1.36 bits per heavy atom. The van der Waals surface area contributed by atoms with Crippen molar-refractivity contribution in [1.29, 1.82) is 0 Å². The lowest BCUT2D eigenvalue weighted by atomic mass is 9.94. The number of carbonyl (C=O) groups excluding carboxylic acids is 1. The summed E-state index contributed by atoms with van der Waals surface area (Å²) >= 11 is 0. The van der Waals surface area contributed by atoms with Crippen LogP contribution in [-0.4, -0.2) is 38.3 Å². The molecule has 1 aliphatic carbocycles. The van der Waals surface area contributed by atoms with Gasteiger partial charge in [0, 0.05) is 23.8 Å². The number of rotatable bonds is 3. The standard InChI is InChI=1S/C16H22N4O2/c1-11-13-8-12(9-17-14(13)20-19-11)15(21)18-10-16(22)6-4-2-3-5-7-16/h8-9,22H,2-7,10H2,1H3,(H,18,21)(H,17,19,20). The van der Waals surface area contributed by atoms with Gasteiger partial charge in [0.15, 0.2) is 5.65 Å². The summed E-state index contributed by atoms with van der Waals surface area (Å²) in [6.45, 7) is 2.20. The Morgan fingerprint density at radius 2 is 2.09 bits per heavy atom. The molecule has 0 unspecified atom stereocenters. The topological polar surface area (TPSA) is 90.9 Å². The smallest absolute Gasteiger partial charge is 0.252 e. The van der Waals surface area contributed by atoms with Gasteiger partial charge in [0.1, 0.15) is 0 Å². The van der Waals surface area contributed by atoms with Gasteiger partial charge in [-0.2, -0.15) is 5.10 Å². The molecule has 6 nitrogen and oxygen atoms in total. The molecule has 2 heterocycles. The van der Waals surface area contributed by atoms with E-state index in [1.807, 2.05) is 6.92 Å². The van der Waals surface area contributed by atoms with Crippen LogP contribution in [-0.2, 0) is 0 Å². The number of aliphatic hydroxyl groups is 1. The average Bonchev–Trinajstić information content (AvgIpc) is 2.75. The van der Waals surface area contributed by atoms with Crippen molar-refractivity contribution in [3.05, 3.63) is 23.5 Å². The predicted molar refractivity (Wildman–Crippen MR) is 83.6 cm³/mol. The molecule has 1 aliphatic rings. The molecule has 3 rings (SSSR count). The van der Waals surface area contributed by atoms with E-state index >= 15 is 0 Å². The molecule has 3 N–H and O–H groups in total. The normalized spacial score (nSPS) is 18.1. The monoisotopic (exact) mass is 302 g/mol. The van der Waals surface area contributed by atoms with Crippen molar-refractivity contribution in [1.82, 2.24) is 20.5 Å². The molecule has 1 fully saturated rings. The summed E-state index contributed by atoms with van der Waals surface area (Å²) in [5, 5.41) is 21.2. The molecule has 0 saturated heterocycles. The minimum atomic E-state index is -0.769. The molecule has 0 spiro atoms. The fourth-order valence-corrected chi connectivity index (χ4v) is 3.05. The third kappa shape index (κ3) is 3.11. The zero-order valence-electron chi connectivity index (χ0n) is 12.9. The van der Waals surface area contributed by atoms with E-state index in [9.17, 15) is 9.90 Å². The van der Waals surface area contributed by atoms with E-state index in [1.165, 1.54) is 6.20 Å². The molecular formula is C16H22N4O2. The first-order chi connectivity index (χ1) is 10.6.